The first-order valence-corrected chi connectivity index (χ1v) is 6.69. The minimum absolute atomic E-state index is 0.0947. The van der Waals surface area contributed by atoms with Crippen molar-refractivity contribution in [1.82, 2.24) is 10.1 Å². The van der Waals surface area contributed by atoms with Gasteiger partial charge in [0.1, 0.15) is 4.88 Å². The van der Waals surface area contributed by atoms with Crippen molar-refractivity contribution in [3.8, 4) is 10.8 Å². The molecule has 1 unspecified atom stereocenters. The summed E-state index contributed by atoms with van der Waals surface area (Å²) in [5.41, 5.74) is 5.83. The van der Waals surface area contributed by atoms with Crippen LogP contribution in [0.25, 0.3) is 10.8 Å². The summed E-state index contributed by atoms with van der Waals surface area (Å²) in [6.07, 6.45) is 1.57. The first kappa shape index (κ1) is 11.8. The fourth-order valence-electron chi connectivity index (χ4n) is 1.25. The van der Waals surface area contributed by atoms with Crippen LogP contribution in [-0.2, 0) is 6.42 Å². The number of nitrogens with two attached hydrogens (primary N) is 1. The second kappa shape index (κ2) is 5.07. The van der Waals surface area contributed by atoms with Gasteiger partial charge in [-0.3, -0.25) is 0 Å². The van der Waals surface area contributed by atoms with E-state index in [2.05, 4.69) is 26.1 Å². The Labute approximate surface area is 106 Å². The van der Waals surface area contributed by atoms with E-state index in [4.69, 9.17) is 10.3 Å². The Morgan fingerprint density at radius 3 is 3.06 bits per heavy atom. The molecule has 16 heavy (non-hydrogen) atoms. The van der Waals surface area contributed by atoms with Crippen molar-refractivity contribution in [2.75, 3.05) is 0 Å². The standard InChI is InChI=1S/C10H12BrN3OS/c1-2-6(12)5-8-13-10(15-14-8)9-7(11)3-4-16-9/h3-4,6H,2,5,12H2,1H3. The molecule has 0 saturated heterocycles. The topological polar surface area (TPSA) is 64.9 Å². The zero-order valence-electron chi connectivity index (χ0n) is 8.81. The summed E-state index contributed by atoms with van der Waals surface area (Å²) in [6, 6.07) is 2.05. The monoisotopic (exact) mass is 301 g/mol. The SMILES string of the molecule is CCC(N)Cc1noc(-c2sccc2Br)n1. The Hall–Kier alpha value is -0.720. The number of hydrogen-bond acceptors (Lipinski definition) is 5. The van der Waals surface area contributed by atoms with E-state index in [1.807, 2.05) is 18.4 Å². The normalized spacial score (nSPS) is 12.9. The van der Waals surface area contributed by atoms with E-state index in [-0.39, 0.29) is 6.04 Å². The molecule has 1 atom stereocenters. The zero-order chi connectivity index (χ0) is 11.5. The molecule has 0 aliphatic rings. The molecule has 2 heterocycles. The predicted octanol–water partition coefficient (Wildman–Crippen LogP) is 2.84. The van der Waals surface area contributed by atoms with Crippen molar-refractivity contribution < 1.29 is 4.52 Å². The highest BCUT2D eigenvalue weighted by molar-refractivity contribution is 9.10. The van der Waals surface area contributed by atoms with Gasteiger partial charge in [0.05, 0.1) is 0 Å². The molecule has 0 aliphatic heterocycles. The summed E-state index contributed by atoms with van der Waals surface area (Å²) in [6.45, 7) is 2.04. The summed E-state index contributed by atoms with van der Waals surface area (Å²) in [5, 5.41) is 5.89. The van der Waals surface area contributed by atoms with E-state index in [0.29, 0.717) is 18.1 Å². The van der Waals surface area contributed by atoms with Crippen LogP contribution in [0.1, 0.15) is 19.2 Å². The molecule has 86 valence electrons. The van der Waals surface area contributed by atoms with Gasteiger partial charge in [-0.2, -0.15) is 4.98 Å². The Morgan fingerprint density at radius 2 is 2.44 bits per heavy atom. The maximum atomic E-state index is 5.83. The van der Waals surface area contributed by atoms with Gasteiger partial charge in [0.25, 0.3) is 5.89 Å². The number of thiophene rings is 1. The molecular weight excluding hydrogens is 290 g/mol. The number of rotatable bonds is 4. The first-order chi connectivity index (χ1) is 7.70. The average Bonchev–Trinajstić information content (AvgIpc) is 2.86. The summed E-state index contributed by atoms with van der Waals surface area (Å²) in [7, 11) is 0. The van der Waals surface area contributed by atoms with Crippen LogP contribution in [0.4, 0.5) is 0 Å². The fraction of sp³-hybridized carbons (Fsp3) is 0.400. The third kappa shape index (κ3) is 2.50. The van der Waals surface area contributed by atoms with E-state index >= 15 is 0 Å². The van der Waals surface area contributed by atoms with Crippen LogP contribution in [0, 0.1) is 0 Å². The minimum Gasteiger partial charge on any atom is -0.333 e. The molecule has 0 fully saturated rings. The molecule has 0 radical (unpaired) electrons. The lowest BCUT2D eigenvalue weighted by atomic mass is 10.2. The molecule has 6 heteroatoms. The average molecular weight is 302 g/mol. The van der Waals surface area contributed by atoms with Gasteiger partial charge in [0, 0.05) is 16.9 Å². The van der Waals surface area contributed by atoms with Gasteiger partial charge in [-0.1, -0.05) is 12.1 Å². The highest BCUT2D eigenvalue weighted by Crippen LogP contribution is 2.32. The van der Waals surface area contributed by atoms with Crippen LogP contribution in [-0.4, -0.2) is 16.2 Å². The molecule has 2 aromatic heterocycles. The van der Waals surface area contributed by atoms with Crippen LogP contribution in [0.3, 0.4) is 0 Å². The summed E-state index contributed by atoms with van der Waals surface area (Å²) < 4.78 is 6.18. The number of nitrogens with zero attached hydrogens (tertiary/aromatic N) is 2. The molecule has 2 aromatic rings. The van der Waals surface area contributed by atoms with Crippen molar-refractivity contribution in [2.24, 2.45) is 5.73 Å². The van der Waals surface area contributed by atoms with Gasteiger partial charge >= 0.3 is 0 Å². The summed E-state index contributed by atoms with van der Waals surface area (Å²) in [4.78, 5) is 5.29. The summed E-state index contributed by atoms with van der Waals surface area (Å²) >= 11 is 5.00. The summed E-state index contributed by atoms with van der Waals surface area (Å²) in [5.74, 6) is 1.23. The van der Waals surface area contributed by atoms with Gasteiger partial charge in [-0.15, -0.1) is 11.3 Å². The maximum Gasteiger partial charge on any atom is 0.269 e. The second-order valence-electron chi connectivity index (χ2n) is 3.49. The molecule has 0 bridgehead atoms. The van der Waals surface area contributed by atoms with Crippen molar-refractivity contribution in [1.29, 1.82) is 0 Å². The Bertz CT molecular complexity index is 468. The first-order valence-electron chi connectivity index (χ1n) is 5.02. The molecule has 0 amide bonds. The van der Waals surface area contributed by atoms with Crippen LogP contribution in [0.15, 0.2) is 20.4 Å². The van der Waals surface area contributed by atoms with Crippen molar-refractivity contribution in [3.05, 3.63) is 21.7 Å². The molecule has 0 aromatic carbocycles. The van der Waals surface area contributed by atoms with Crippen LogP contribution < -0.4 is 5.73 Å². The van der Waals surface area contributed by atoms with E-state index in [1.54, 1.807) is 11.3 Å². The van der Waals surface area contributed by atoms with Gasteiger partial charge in [0.15, 0.2) is 5.82 Å². The molecule has 2 rings (SSSR count). The zero-order valence-corrected chi connectivity index (χ0v) is 11.2. The minimum atomic E-state index is 0.0947. The number of aromatic nitrogens is 2. The third-order valence-electron chi connectivity index (χ3n) is 2.25. The van der Waals surface area contributed by atoms with E-state index in [0.717, 1.165) is 15.8 Å². The molecule has 2 N–H and O–H groups in total. The molecule has 0 spiro atoms. The fourth-order valence-corrected chi connectivity index (χ4v) is 2.72. The van der Waals surface area contributed by atoms with E-state index in [9.17, 15) is 0 Å². The quantitative estimate of drug-likeness (QED) is 0.943. The van der Waals surface area contributed by atoms with Crippen molar-refractivity contribution >= 4 is 27.3 Å². The molecule has 0 saturated carbocycles. The highest BCUT2D eigenvalue weighted by Gasteiger charge is 2.14. The Balaban J connectivity index is 2.17. The molecular formula is C10H12BrN3OS. The molecule has 4 nitrogen and oxygen atoms in total. The van der Waals surface area contributed by atoms with Crippen molar-refractivity contribution in [3.63, 3.8) is 0 Å². The van der Waals surface area contributed by atoms with Gasteiger partial charge < -0.3 is 10.3 Å². The maximum absolute atomic E-state index is 5.83. The second-order valence-corrected chi connectivity index (χ2v) is 5.26. The van der Waals surface area contributed by atoms with E-state index < -0.39 is 0 Å². The predicted molar refractivity (Wildman–Crippen MR) is 67.3 cm³/mol. The Kier molecular flexibility index (Phi) is 3.73. The van der Waals surface area contributed by atoms with Crippen molar-refractivity contribution in [2.45, 2.75) is 25.8 Å². The van der Waals surface area contributed by atoms with Gasteiger partial charge in [0.2, 0.25) is 0 Å². The van der Waals surface area contributed by atoms with Crippen LogP contribution in [0.2, 0.25) is 0 Å². The lowest BCUT2D eigenvalue weighted by Crippen LogP contribution is -2.21. The Morgan fingerprint density at radius 1 is 1.62 bits per heavy atom. The highest BCUT2D eigenvalue weighted by atomic mass is 79.9. The number of halogens is 1. The lowest BCUT2D eigenvalue weighted by molar-refractivity contribution is 0.419. The van der Waals surface area contributed by atoms with Gasteiger partial charge in [-0.25, -0.2) is 0 Å². The molecule has 0 aliphatic carbocycles. The van der Waals surface area contributed by atoms with Gasteiger partial charge in [-0.05, 0) is 33.8 Å². The lowest BCUT2D eigenvalue weighted by Gasteiger charge is -2.02. The van der Waals surface area contributed by atoms with Crippen LogP contribution in [0.5, 0.6) is 0 Å². The number of hydrogen-bond donors (Lipinski definition) is 1. The largest absolute Gasteiger partial charge is 0.333 e. The smallest absolute Gasteiger partial charge is 0.269 e. The third-order valence-corrected chi connectivity index (χ3v) is 4.07. The van der Waals surface area contributed by atoms with Crippen LogP contribution >= 0.6 is 27.3 Å². The van der Waals surface area contributed by atoms with E-state index in [1.165, 1.54) is 0 Å².